The van der Waals surface area contributed by atoms with E-state index in [1.54, 1.807) is 12.4 Å². The van der Waals surface area contributed by atoms with Gasteiger partial charge in [0.15, 0.2) is 0 Å². The Bertz CT molecular complexity index is 629. The number of aromatic nitrogens is 1. The fourth-order valence-electron chi connectivity index (χ4n) is 2.00. The Morgan fingerprint density at radius 1 is 1.19 bits per heavy atom. The molecule has 0 amide bonds. The molecule has 0 radical (unpaired) electrons. The van der Waals surface area contributed by atoms with Crippen LogP contribution in [0.5, 0.6) is 5.75 Å². The second-order valence-electron chi connectivity index (χ2n) is 5.18. The first-order valence-electron chi connectivity index (χ1n) is 6.95. The van der Waals surface area contributed by atoms with E-state index in [2.05, 4.69) is 10.3 Å². The summed E-state index contributed by atoms with van der Waals surface area (Å²) in [4.78, 5) is 3.95. The second-order valence-corrected chi connectivity index (χ2v) is 5.99. The molecule has 1 aromatic carbocycles. The fourth-order valence-corrected chi connectivity index (χ4v) is 2.43. The van der Waals surface area contributed by atoms with Crippen molar-refractivity contribution in [1.82, 2.24) is 10.3 Å². The zero-order chi connectivity index (χ0) is 14.7. The Morgan fingerprint density at radius 3 is 2.76 bits per heavy atom. The van der Waals surface area contributed by atoms with Gasteiger partial charge in [-0.1, -0.05) is 29.3 Å². The number of halogens is 2. The van der Waals surface area contributed by atoms with Crippen LogP contribution >= 0.6 is 23.2 Å². The van der Waals surface area contributed by atoms with Crippen LogP contribution in [0.4, 0.5) is 0 Å². The third-order valence-electron chi connectivity index (χ3n) is 3.41. The summed E-state index contributed by atoms with van der Waals surface area (Å²) >= 11 is 12.3. The van der Waals surface area contributed by atoms with Crippen molar-refractivity contribution in [2.24, 2.45) is 0 Å². The monoisotopic (exact) mass is 322 g/mol. The Hall–Kier alpha value is -1.29. The standard InChI is InChI=1S/C16H16Cl2N2O/c17-14-7-11(8-20-13-2-3-13)1-4-16(14)21-10-12-5-6-19-9-15(12)18/h1,4-7,9,13,20H,2-3,8,10H2. The van der Waals surface area contributed by atoms with Crippen molar-refractivity contribution in [2.45, 2.75) is 32.0 Å². The van der Waals surface area contributed by atoms with Gasteiger partial charge in [0, 0.05) is 30.5 Å². The third kappa shape index (κ3) is 4.10. The summed E-state index contributed by atoms with van der Waals surface area (Å²) in [6, 6.07) is 8.41. The lowest BCUT2D eigenvalue weighted by molar-refractivity contribution is 0.306. The highest BCUT2D eigenvalue weighted by Gasteiger charge is 2.20. The van der Waals surface area contributed by atoms with Crippen LogP contribution in [0.3, 0.4) is 0 Å². The lowest BCUT2D eigenvalue weighted by Gasteiger charge is -2.11. The summed E-state index contributed by atoms with van der Waals surface area (Å²) in [7, 11) is 0. The average Bonchev–Trinajstić information content (AvgIpc) is 3.30. The van der Waals surface area contributed by atoms with Gasteiger partial charge in [-0.15, -0.1) is 0 Å². The molecule has 1 saturated carbocycles. The highest BCUT2D eigenvalue weighted by atomic mass is 35.5. The molecule has 1 aliphatic carbocycles. The number of hydrogen-bond donors (Lipinski definition) is 1. The molecule has 1 N–H and O–H groups in total. The van der Waals surface area contributed by atoms with E-state index in [0.29, 0.717) is 28.4 Å². The summed E-state index contributed by atoms with van der Waals surface area (Å²) in [6.07, 6.45) is 5.86. The van der Waals surface area contributed by atoms with Gasteiger partial charge in [-0.3, -0.25) is 4.98 Å². The molecule has 2 aromatic rings. The molecule has 0 saturated heterocycles. The second kappa shape index (κ2) is 6.65. The maximum Gasteiger partial charge on any atom is 0.138 e. The molecular formula is C16H16Cl2N2O. The van der Waals surface area contributed by atoms with E-state index in [0.717, 1.165) is 12.1 Å². The van der Waals surface area contributed by atoms with Gasteiger partial charge in [0.05, 0.1) is 10.0 Å². The molecule has 3 rings (SSSR count). The van der Waals surface area contributed by atoms with Crippen molar-refractivity contribution in [2.75, 3.05) is 0 Å². The molecule has 1 aromatic heterocycles. The number of nitrogens with zero attached hydrogens (tertiary/aromatic N) is 1. The predicted octanol–water partition coefficient (Wildman–Crippen LogP) is 4.22. The molecule has 3 nitrogen and oxygen atoms in total. The number of hydrogen-bond acceptors (Lipinski definition) is 3. The predicted molar refractivity (Wildman–Crippen MR) is 84.9 cm³/mol. The normalized spacial score (nSPS) is 14.2. The lowest BCUT2D eigenvalue weighted by atomic mass is 10.2. The minimum Gasteiger partial charge on any atom is -0.487 e. The number of ether oxygens (including phenoxy) is 1. The highest BCUT2D eigenvalue weighted by Crippen LogP contribution is 2.27. The van der Waals surface area contributed by atoms with E-state index in [4.69, 9.17) is 27.9 Å². The maximum absolute atomic E-state index is 6.27. The molecule has 110 valence electrons. The molecule has 0 unspecified atom stereocenters. The zero-order valence-electron chi connectivity index (χ0n) is 11.5. The topological polar surface area (TPSA) is 34.1 Å². The molecule has 0 bridgehead atoms. The Kier molecular flexibility index (Phi) is 4.63. The number of pyridine rings is 1. The summed E-state index contributed by atoms with van der Waals surface area (Å²) in [6.45, 7) is 1.22. The van der Waals surface area contributed by atoms with Gasteiger partial charge in [0.2, 0.25) is 0 Å². The van der Waals surface area contributed by atoms with Crippen molar-refractivity contribution in [1.29, 1.82) is 0 Å². The van der Waals surface area contributed by atoms with E-state index < -0.39 is 0 Å². The van der Waals surface area contributed by atoms with Gasteiger partial charge in [-0.25, -0.2) is 0 Å². The van der Waals surface area contributed by atoms with Crippen LogP contribution in [0, 0.1) is 0 Å². The molecule has 0 atom stereocenters. The van der Waals surface area contributed by atoms with Gasteiger partial charge >= 0.3 is 0 Å². The minimum absolute atomic E-state index is 0.376. The summed E-state index contributed by atoms with van der Waals surface area (Å²) in [5.41, 5.74) is 2.06. The van der Waals surface area contributed by atoms with Crippen LogP contribution in [0.25, 0.3) is 0 Å². The Balaban J connectivity index is 1.61. The lowest BCUT2D eigenvalue weighted by Crippen LogP contribution is -2.15. The van der Waals surface area contributed by atoms with Crippen LogP contribution < -0.4 is 10.1 Å². The first-order valence-corrected chi connectivity index (χ1v) is 7.71. The van der Waals surface area contributed by atoms with Crippen LogP contribution in [0.15, 0.2) is 36.7 Å². The van der Waals surface area contributed by atoms with E-state index in [1.165, 1.54) is 18.4 Å². The Morgan fingerprint density at radius 2 is 2.05 bits per heavy atom. The van der Waals surface area contributed by atoms with Crippen LogP contribution in [-0.2, 0) is 13.2 Å². The van der Waals surface area contributed by atoms with Crippen molar-refractivity contribution in [3.05, 3.63) is 57.8 Å². The molecule has 5 heteroatoms. The van der Waals surface area contributed by atoms with Gasteiger partial charge in [-0.2, -0.15) is 0 Å². The Labute approximate surface area is 134 Å². The minimum atomic E-state index is 0.376. The van der Waals surface area contributed by atoms with Crippen molar-refractivity contribution >= 4 is 23.2 Å². The van der Waals surface area contributed by atoms with E-state index in [9.17, 15) is 0 Å². The first kappa shape index (κ1) is 14.6. The third-order valence-corrected chi connectivity index (χ3v) is 4.04. The fraction of sp³-hybridized carbons (Fsp3) is 0.312. The van der Waals surface area contributed by atoms with Crippen molar-refractivity contribution in [3.63, 3.8) is 0 Å². The van der Waals surface area contributed by atoms with Crippen LogP contribution in [0.2, 0.25) is 10.0 Å². The van der Waals surface area contributed by atoms with E-state index in [-0.39, 0.29) is 0 Å². The van der Waals surface area contributed by atoms with Crippen molar-refractivity contribution < 1.29 is 4.74 Å². The molecule has 21 heavy (non-hydrogen) atoms. The number of rotatable bonds is 6. The van der Waals surface area contributed by atoms with Gasteiger partial charge in [0.1, 0.15) is 12.4 Å². The molecule has 0 aliphatic heterocycles. The molecule has 1 aliphatic rings. The van der Waals surface area contributed by atoms with Gasteiger partial charge in [0.25, 0.3) is 0 Å². The molecule has 1 heterocycles. The number of nitrogens with one attached hydrogen (secondary N) is 1. The molecule has 0 spiro atoms. The maximum atomic E-state index is 6.27. The smallest absolute Gasteiger partial charge is 0.138 e. The van der Waals surface area contributed by atoms with Gasteiger partial charge < -0.3 is 10.1 Å². The zero-order valence-corrected chi connectivity index (χ0v) is 13.0. The highest BCUT2D eigenvalue weighted by molar-refractivity contribution is 6.32. The SMILES string of the molecule is Clc1cnccc1COc1ccc(CNC2CC2)cc1Cl. The average molecular weight is 323 g/mol. The molecular weight excluding hydrogens is 307 g/mol. The van der Waals surface area contributed by atoms with Crippen LogP contribution in [-0.4, -0.2) is 11.0 Å². The summed E-state index contributed by atoms with van der Waals surface area (Å²) < 4.78 is 5.73. The summed E-state index contributed by atoms with van der Waals surface area (Å²) in [5, 5.41) is 4.68. The first-order chi connectivity index (χ1) is 10.2. The number of benzene rings is 1. The van der Waals surface area contributed by atoms with Crippen molar-refractivity contribution in [3.8, 4) is 5.75 Å². The largest absolute Gasteiger partial charge is 0.487 e. The van der Waals surface area contributed by atoms with Gasteiger partial charge in [-0.05, 0) is 36.6 Å². The van der Waals surface area contributed by atoms with Crippen LogP contribution in [0.1, 0.15) is 24.0 Å². The van der Waals surface area contributed by atoms with E-state index in [1.807, 2.05) is 24.3 Å². The quantitative estimate of drug-likeness (QED) is 0.864. The van der Waals surface area contributed by atoms with E-state index >= 15 is 0 Å². The summed E-state index contributed by atoms with van der Waals surface area (Å²) in [5.74, 6) is 0.666. The molecule has 1 fully saturated rings.